The monoisotopic (exact) mass is 295 g/mol. The van der Waals surface area contributed by atoms with Crippen LogP contribution in [-0.4, -0.2) is 50.1 Å². The zero-order chi connectivity index (χ0) is 14.2. The van der Waals surface area contributed by atoms with E-state index in [1.807, 2.05) is 24.3 Å². The van der Waals surface area contributed by atoms with Crippen LogP contribution in [0.3, 0.4) is 0 Å². The number of benzene rings is 1. The summed E-state index contributed by atoms with van der Waals surface area (Å²) in [6, 6.07) is 7.75. The van der Waals surface area contributed by atoms with Gasteiger partial charge in [0.25, 0.3) is 0 Å². The van der Waals surface area contributed by atoms with Gasteiger partial charge in [-0.1, -0.05) is 23.7 Å². The zero-order valence-electron chi connectivity index (χ0n) is 11.7. The van der Waals surface area contributed by atoms with Gasteiger partial charge in [-0.25, -0.2) is 0 Å². The van der Waals surface area contributed by atoms with Crippen LogP contribution in [0.4, 0.5) is 0 Å². The van der Waals surface area contributed by atoms with Crippen LogP contribution in [0.5, 0.6) is 0 Å². The Labute approximate surface area is 125 Å². The molecule has 0 spiro atoms. The molecular formula is C15H22ClN3O. The molecule has 1 fully saturated rings. The molecule has 2 N–H and O–H groups in total. The summed E-state index contributed by atoms with van der Waals surface area (Å²) >= 11 is 5.84. The number of carbonyl (C=O) groups is 1. The topological polar surface area (TPSA) is 44.4 Å². The molecule has 0 aromatic heterocycles. The van der Waals surface area contributed by atoms with Gasteiger partial charge in [-0.15, -0.1) is 0 Å². The van der Waals surface area contributed by atoms with Gasteiger partial charge in [0.2, 0.25) is 5.91 Å². The Morgan fingerprint density at radius 3 is 2.85 bits per heavy atom. The average molecular weight is 296 g/mol. The van der Waals surface area contributed by atoms with Crippen molar-refractivity contribution >= 4 is 17.5 Å². The number of nitrogens with one attached hydrogen (secondary N) is 2. The van der Waals surface area contributed by atoms with Crippen molar-refractivity contribution in [2.45, 2.75) is 12.8 Å². The van der Waals surface area contributed by atoms with Crippen LogP contribution in [0.25, 0.3) is 0 Å². The molecule has 0 atom stereocenters. The lowest BCUT2D eigenvalue weighted by molar-refractivity contribution is -0.122. The predicted molar refractivity (Wildman–Crippen MR) is 82.1 cm³/mol. The molecule has 0 aliphatic carbocycles. The van der Waals surface area contributed by atoms with Crippen molar-refractivity contribution in [3.05, 3.63) is 34.9 Å². The van der Waals surface area contributed by atoms with Gasteiger partial charge in [0.1, 0.15) is 0 Å². The van der Waals surface area contributed by atoms with E-state index >= 15 is 0 Å². The molecule has 1 heterocycles. The number of nitrogens with zero attached hydrogens (tertiary/aromatic N) is 1. The molecule has 4 nitrogen and oxygen atoms in total. The molecule has 0 bridgehead atoms. The van der Waals surface area contributed by atoms with Gasteiger partial charge >= 0.3 is 0 Å². The maximum absolute atomic E-state index is 11.9. The number of halogens is 1. The van der Waals surface area contributed by atoms with Gasteiger partial charge in [0.05, 0.1) is 6.54 Å². The second-order valence-corrected chi connectivity index (χ2v) is 5.54. The highest BCUT2D eigenvalue weighted by molar-refractivity contribution is 6.30. The molecule has 1 aliphatic heterocycles. The first-order valence-electron chi connectivity index (χ1n) is 7.18. The van der Waals surface area contributed by atoms with Crippen LogP contribution >= 0.6 is 11.6 Å². The predicted octanol–water partition coefficient (Wildman–Crippen LogP) is 1.29. The van der Waals surface area contributed by atoms with E-state index in [4.69, 9.17) is 11.6 Å². The van der Waals surface area contributed by atoms with Gasteiger partial charge in [0, 0.05) is 24.7 Å². The Balaban J connectivity index is 1.65. The molecule has 0 saturated carbocycles. The zero-order valence-corrected chi connectivity index (χ0v) is 12.5. The van der Waals surface area contributed by atoms with E-state index in [2.05, 4.69) is 15.5 Å². The van der Waals surface area contributed by atoms with E-state index in [1.54, 1.807) is 0 Å². The number of hydrogen-bond acceptors (Lipinski definition) is 3. The average Bonchev–Trinajstić information content (AvgIpc) is 2.70. The largest absolute Gasteiger partial charge is 0.355 e. The van der Waals surface area contributed by atoms with Crippen LogP contribution in [-0.2, 0) is 11.2 Å². The highest BCUT2D eigenvalue weighted by Gasteiger charge is 2.12. The summed E-state index contributed by atoms with van der Waals surface area (Å²) in [5.41, 5.74) is 1.19. The smallest absolute Gasteiger partial charge is 0.234 e. The lowest BCUT2D eigenvalue weighted by Gasteiger charge is -2.18. The first-order valence-corrected chi connectivity index (χ1v) is 7.56. The Bertz CT molecular complexity index is 414. The number of rotatable bonds is 5. The maximum Gasteiger partial charge on any atom is 0.234 e. The quantitative estimate of drug-likeness (QED) is 0.860. The number of amides is 1. The minimum atomic E-state index is 0.112. The van der Waals surface area contributed by atoms with Gasteiger partial charge in [0.15, 0.2) is 0 Å². The van der Waals surface area contributed by atoms with E-state index < -0.39 is 0 Å². The van der Waals surface area contributed by atoms with E-state index in [0.29, 0.717) is 13.1 Å². The van der Waals surface area contributed by atoms with Gasteiger partial charge in [-0.2, -0.15) is 0 Å². The first kappa shape index (κ1) is 15.3. The molecule has 110 valence electrons. The minimum Gasteiger partial charge on any atom is -0.355 e. The van der Waals surface area contributed by atoms with Crippen LogP contribution in [0.15, 0.2) is 24.3 Å². The summed E-state index contributed by atoms with van der Waals surface area (Å²) in [4.78, 5) is 14.1. The molecule has 2 rings (SSSR count). The SMILES string of the molecule is O=C(CN1CCCNCC1)NCCc1ccc(Cl)cc1. The summed E-state index contributed by atoms with van der Waals surface area (Å²) < 4.78 is 0. The molecule has 0 unspecified atom stereocenters. The lowest BCUT2D eigenvalue weighted by atomic mass is 10.1. The van der Waals surface area contributed by atoms with Gasteiger partial charge in [-0.05, 0) is 43.6 Å². The summed E-state index contributed by atoms with van der Waals surface area (Å²) in [5, 5.41) is 7.06. The summed E-state index contributed by atoms with van der Waals surface area (Å²) in [5.74, 6) is 0.112. The standard InChI is InChI=1S/C15H22ClN3O/c16-14-4-2-13(3-5-14)6-8-18-15(20)12-19-10-1-7-17-9-11-19/h2-5,17H,1,6-12H2,(H,18,20). The van der Waals surface area contributed by atoms with Crippen molar-refractivity contribution in [3.8, 4) is 0 Å². The Morgan fingerprint density at radius 2 is 2.05 bits per heavy atom. The van der Waals surface area contributed by atoms with Crippen molar-refractivity contribution in [1.82, 2.24) is 15.5 Å². The lowest BCUT2D eigenvalue weighted by Crippen LogP contribution is -2.39. The third-order valence-electron chi connectivity index (χ3n) is 3.45. The van der Waals surface area contributed by atoms with Crippen LogP contribution in [0, 0.1) is 0 Å². The Morgan fingerprint density at radius 1 is 1.25 bits per heavy atom. The minimum absolute atomic E-state index is 0.112. The van der Waals surface area contributed by atoms with E-state index in [0.717, 1.165) is 44.0 Å². The molecule has 20 heavy (non-hydrogen) atoms. The highest BCUT2D eigenvalue weighted by Crippen LogP contribution is 2.09. The highest BCUT2D eigenvalue weighted by atomic mass is 35.5. The molecule has 0 radical (unpaired) electrons. The molecular weight excluding hydrogens is 274 g/mol. The van der Waals surface area contributed by atoms with E-state index in [-0.39, 0.29) is 5.91 Å². The third-order valence-corrected chi connectivity index (χ3v) is 3.70. The second-order valence-electron chi connectivity index (χ2n) is 5.11. The molecule has 1 aliphatic rings. The van der Waals surface area contributed by atoms with Gasteiger partial charge < -0.3 is 10.6 Å². The third kappa shape index (κ3) is 5.49. The fourth-order valence-corrected chi connectivity index (χ4v) is 2.44. The first-order chi connectivity index (χ1) is 9.74. The Kier molecular flexibility index (Phi) is 6.30. The molecule has 1 amide bonds. The molecule has 1 saturated heterocycles. The van der Waals surface area contributed by atoms with Crippen LogP contribution < -0.4 is 10.6 Å². The normalized spacial score (nSPS) is 16.6. The molecule has 1 aromatic carbocycles. The molecule has 1 aromatic rings. The number of hydrogen-bond donors (Lipinski definition) is 2. The fourth-order valence-electron chi connectivity index (χ4n) is 2.32. The van der Waals surface area contributed by atoms with Gasteiger partial charge in [-0.3, -0.25) is 9.69 Å². The van der Waals surface area contributed by atoms with Crippen molar-refractivity contribution in [3.63, 3.8) is 0 Å². The van der Waals surface area contributed by atoms with Crippen LogP contribution in [0.2, 0.25) is 5.02 Å². The van der Waals surface area contributed by atoms with Crippen molar-refractivity contribution in [2.75, 3.05) is 39.3 Å². The number of carbonyl (C=O) groups excluding carboxylic acids is 1. The second kappa shape index (κ2) is 8.25. The van der Waals surface area contributed by atoms with E-state index in [9.17, 15) is 4.79 Å². The maximum atomic E-state index is 11.9. The Hall–Kier alpha value is -1.10. The summed E-state index contributed by atoms with van der Waals surface area (Å²) in [6.45, 7) is 5.14. The summed E-state index contributed by atoms with van der Waals surface area (Å²) in [7, 11) is 0. The van der Waals surface area contributed by atoms with Crippen molar-refractivity contribution in [1.29, 1.82) is 0 Å². The summed E-state index contributed by atoms with van der Waals surface area (Å²) in [6.07, 6.45) is 1.95. The fraction of sp³-hybridized carbons (Fsp3) is 0.533. The molecule has 5 heteroatoms. The van der Waals surface area contributed by atoms with Crippen molar-refractivity contribution in [2.24, 2.45) is 0 Å². The van der Waals surface area contributed by atoms with Crippen molar-refractivity contribution < 1.29 is 4.79 Å². The van der Waals surface area contributed by atoms with Crippen LogP contribution in [0.1, 0.15) is 12.0 Å². The van der Waals surface area contributed by atoms with E-state index in [1.165, 1.54) is 5.56 Å².